The average Bonchev–Trinajstić information content (AvgIpc) is 2.59. The van der Waals surface area contributed by atoms with Crippen LogP contribution < -0.4 is 16.2 Å². The lowest BCUT2D eigenvalue weighted by Gasteiger charge is -2.18. The summed E-state index contributed by atoms with van der Waals surface area (Å²) in [6.07, 6.45) is 9.06. The summed E-state index contributed by atoms with van der Waals surface area (Å²) in [5, 5.41) is 12.3. The molecule has 1 aromatic heterocycles. The number of nitrogens with one attached hydrogen (secondary N) is 3. The molecule has 0 saturated carbocycles. The number of hydrogen-bond donors (Lipinski definition) is 3. The van der Waals surface area contributed by atoms with Crippen LogP contribution in [0.25, 0.3) is 0 Å². The van der Waals surface area contributed by atoms with Gasteiger partial charge in [0.25, 0.3) is 5.56 Å². The van der Waals surface area contributed by atoms with Crippen molar-refractivity contribution in [3.05, 3.63) is 39.3 Å². The van der Waals surface area contributed by atoms with Crippen LogP contribution in [0.5, 0.6) is 0 Å². The highest BCUT2D eigenvalue weighted by molar-refractivity contribution is 5.73. The number of H-pyrrole nitrogens is 1. The molecule has 1 heterocycles. The van der Waals surface area contributed by atoms with Crippen molar-refractivity contribution >= 4 is 6.03 Å². The van der Waals surface area contributed by atoms with Crippen LogP contribution in [0.15, 0.2) is 16.9 Å². The maximum Gasteiger partial charge on any atom is 0.315 e. The largest absolute Gasteiger partial charge is 0.338 e. The number of allylic oxidation sites excluding steroid dienone is 2. The Morgan fingerprint density at radius 3 is 2.74 bits per heavy atom. The van der Waals surface area contributed by atoms with Gasteiger partial charge in [0.1, 0.15) is 0 Å². The molecule has 1 atom stereocenters. The van der Waals surface area contributed by atoms with E-state index in [1.165, 1.54) is 0 Å². The third-order valence-electron chi connectivity index (χ3n) is 4.32. The summed E-state index contributed by atoms with van der Waals surface area (Å²) >= 11 is 0. The minimum absolute atomic E-state index is 0.225. The van der Waals surface area contributed by atoms with Crippen LogP contribution in [0.4, 0.5) is 4.79 Å². The SMILES string of the molecule is CCc1n[nH]c(=O)c(CNC(=O)NCC2CC=CCC2)c1CC. The molecule has 0 radical (unpaired) electrons. The van der Waals surface area contributed by atoms with Crippen LogP contribution in [0.2, 0.25) is 0 Å². The van der Waals surface area contributed by atoms with E-state index in [2.05, 4.69) is 33.0 Å². The molecule has 0 spiro atoms. The lowest BCUT2D eigenvalue weighted by Crippen LogP contribution is -2.39. The van der Waals surface area contributed by atoms with Crippen LogP contribution in [0.3, 0.4) is 0 Å². The van der Waals surface area contributed by atoms with Crippen molar-refractivity contribution in [2.24, 2.45) is 5.92 Å². The fourth-order valence-electron chi connectivity index (χ4n) is 2.97. The number of rotatable bonds is 6. The number of aromatic amines is 1. The highest BCUT2D eigenvalue weighted by atomic mass is 16.2. The summed E-state index contributed by atoms with van der Waals surface area (Å²) in [7, 11) is 0. The maximum atomic E-state index is 12.0. The van der Waals surface area contributed by atoms with Crippen molar-refractivity contribution < 1.29 is 4.79 Å². The van der Waals surface area contributed by atoms with Crippen LogP contribution in [-0.2, 0) is 19.4 Å². The molecule has 0 bridgehead atoms. The lowest BCUT2D eigenvalue weighted by molar-refractivity contribution is 0.238. The fourth-order valence-corrected chi connectivity index (χ4v) is 2.97. The highest BCUT2D eigenvalue weighted by Gasteiger charge is 2.14. The van der Waals surface area contributed by atoms with Crippen LogP contribution >= 0.6 is 0 Å². The topological polar surface area (TPSA) is 86.9 Å². The number of nitrogens with zero attached hydrogens (tertiary/aromatic N) is 1. The zero-order valence-corrected chi connectivity index (χ0v) is 13.9. The fraction of sp³-hybridized carbons (Fsp3) is 0.588. The predicted octanol–water partition coefficient (Wildman–Crippen LogP) is 2.05. The molecule has 0 saturated heterocycles. The number of carbonyl (C=O) groups is 1. The Morgan fingerprint density at radius 2 is 2.09 bits per heavy atom. The first kappa shape index (κ1) is 17.2. The van der Waals surface area contributed by atoms with Gasteiger partial charge in [-0.1, -0.05) is 26.0 Å². The van der Waals surface area contributed by atoms with Gasteiger partial charge in [0.2, 0.25) is 0 Å². The molecule has 1 aromatic rings. The molecule has 3 N–H and O–H groups in total. The quantitative estimate of drug-likeness (QED) is 0.702. The number of urea groups is 1. The molecular weight excluding hydrogens is 292 g/mol. The molecule has 6 heteroatoms. The summed E-state index contributed by atoms with van der Waals surface area (Å²) < 4.78 is 0. The highest BCUT2D eigenvalue weighted by Crippen LogP contribution is 2.16. The lowest BCUT2D eigenvalue weighted by atomic mass is 9.94. The van der Waals surface area contributed by atoms with Gasteiger partial charge < -0.3 is 10.6 Å². The van der Waals surface area contributed by atoms with E-state index in [1.54, 1.807) is 0 Å². The van der Waals surface area contributed by atoms with Crippen molar-refractivity contribution in [2.75, 3.05) is 6.54 Å². The third kappa shape index (κ3) is 4.68. The van der Waals surface area contributed by atoms with E-state index in [1.807, 2.05) is 13.8 Å². The zero-order valence-electron chi connectivity index (χ0n) is 13.9. The summed E-state index contributed by atoms with van der Waals surface area (Å²) in [5.74, 6) is 0.507. The Balaban J connectivity index is 1.91. The maximum absolute atomic E-state index is 12.0. The molecule has 0 aliphatic heterocycles. The van der Waals surface area contributed by atoms with Crippen LogP contribution in [-0.4, -0.2) is 22.8 Å². The molecule has 0 aromatic carbocycles. The van der Waals surface area contributed by atoms with Gasteiger partial charge in [-0.05, 0) is 43.6 Å². The minimum Gasteiger partial charge on any atom is -0.338 e. The van der Waals surface area contributed by atoms with Crippen molar-refractivity contribution in [1.82, 2.24) is 20.8 Å². The molecule has 0 fully saturated rings. The van der Waals surface area contributed by atoms with Gasteiger partial charge in [-0.2, -0.15) is 5.10 Å². The van der Waals surface area contributed by atoms with Crippen molar-refractivity contribution in [2.45, 2.75) is 52.5 Å². The smallest absolute Gasteiger partial charge is 0.315 e. The molecule has 2 rings (SSSR count). The first-order valence-corrected chi connectivity index (χ1v) is 8.41. The molecule has 6 nitrogen and oxygen atoms in total. The van der Waals surface area contributed by atoms with Gasteiger partial charge in [-0.15, -0.1) is 0 Å². The first-order chi connectivity index (χ1) is 11.2. The van der Waals surface area contributed by atoms with Gasteiger partial charge >= 0.3 is 6.03 Å². The Labute approximate surface area is 136 Å². The third-order valence-corrected chi connectivity index (χ3v) is 4.32. The van der Waals surface area contributed by atoms with E-state index in [0.717, 1.165) is 43.4 Å². The van der Waals surface area contributed by atoms with E-state index in [0.29, 0.717) is 18.0 Å². The second kappa shape index (κ2) is 8.50. The van der Waals surface area contributed by atoms with E-state index in [9.17, 15) is 9.59 Å². The summed E-state index contributed by atoms with van der Waals surface area (Å²) in [6.45, 7) is 4.90. The van der Waals surface area contributed by atoms with E-state index < -0.39 is 0 Å². The van der Waals surface area contributed by atoms with Gasteiger partial charge in [0.15, 0.2) is 0 Å². The second-order valence-electron chi connectivity index (χ2n) is 5.88. The molecule has 2 amide bonds. The van der Waals surface area contributed by atoms with Crippen molar-refractivity contribution in [3.8, 4) is 0 Å². The number of hydrogen-bond acceptors (Lipinski definition) is 3. The Kier molecular flexibility index (Phi) is 6.38. The van der Waals surface area contributed by atoms with Gasteiger partial charge in [-0.25, -0.2) is 9.89 Å². The normalized spacial score (nSPS) is 17.0. The Hall–Kier alpha value is -2.11. The number of amides is 2. The minimum atomic E-state index is -0.226. The first-order valence-electron chi connectivity index (χ1n) is 8.41. The second-order valence-corrected chi connectivity index (χ2v) is 5.88. The van der Waals surface area contributed by atoms with E-state index in [4.69, 9.17) is 0 Å². The molecule has 23 heavy (non-hydrogen) atoms. The molecule has 1 aliphatic rings. The predicted molar refractivity (Wildman–Crippen MR) is 90.3 cm³/mol. The van der Waals surface area contributed by atoms with E-state index >= 15 is 0 Å². The summed E-state index contributed by atoms with van der Waals surface area (Å²) in [6, 6.07) is -0.226. The van der Waals surface area contributed by atoms with Crippen molar-refractivity contribution in [3.63, 3.8) is 0 Å². The van der Waals surface area contributed by atoms with Crippen LogP contribution in [0.1, 0.15) is 49.9 Å². The monoisotopic (exact) mass is 318 g/mol. The molecule has 1 unspecified atom stereocenters. The molecule has 1 aliphatic carbocycles. The summed E-state index contributed by atoms with van der Waals surface area (Å²) in [5.41, 5.74) is 2.21. The average molecular weight is 318 g/mol. The van der Waals surface area contributed by atoms with Gasteiger partial charge in [0.05, 0.1) is 12.2 Å². The Bertz CT molecular complexity index is 622. The molecule has 126 valence electrons. The number of carbonyl (C=O) groups excluding carboxylic acids is 1. The van der Waals surface area contributed by atoms with Gasteiger partial charge in [0, 0.05) is 12.1 Å². The van der Waals surface area contributed by atoms with Crippen molar-refractivity contribution in [1.29, 1.82) is 0 Å². The number of aromatic nitrogens is 2. The van der Waals surface area contributed by atoms with Gasteiger partial charge in [-0.3, -0.25) is 4.79 Å². The Morgan fingerprint density at radius 1 is 1.26 bits per heavy atom. The zero-order chi connectivity index (χ0) is 16.7. The molecular formula is C17H26N4O2. The summed E-state index contributed by atoms with van der Waals surface area (Å²) in [4.78, 5) is 23.9. The van der Waals surface area contributed by atoms with E-state index in [-0.39, 0.29) is 18.1 Å². The standard InChI is InChI=1S/C17H26N4O2/c1-3-13-14(16(22)21-20-15(13)4-2)11-19-17(23)18-10-12-8-6-5-7-9-12/h5-6,12H,3-4,7-11H2,1-2H3,(H,21,22)(H2,18,19,23). The number of aryl methyl sites for hydroxylation is 1. The van der Waals surface area contributed by atoms with Crippen LogP contribution in [0, 0.1) is 5.92 Å².